The SMILES string of the molecule is NNC(CCCC1CCCO1)C1CCCCS1. The van der Waals surface area contributed by atoms with Crippen molar-refractivity contribution in [3.8, 4) is 0 Å². The number of nitrogens with one attached hydrogen (secondary N) is 1. The second-order valence-corrected chi connectivity index (χ2v) is 6.59. The molecule has 2 rings (SSSR count). The zero-order valence-electron chi connectivity index (χ0n) is 10.7. The van der Waals surface area contributed by atoms with Crippen molar-refractivity contribution < 1.29 is 4.74 Å². The van der Waals surface area contributed by atoms with E-state index in [1.807, 2.05) is 0 Å². The number of ether oxygens (including phenoxy) is 1. The highest BCUT2D eigenvalue weighted by Crippen LogP contribution is 2.29. The first kappa shape index (κ1) is 13.7. The zero-order valence-corrected chi connectivity index (χ0v) is 11.5. The summed E-state index contributed by atoms with van der Waals surface area (Å²) in [5.74, 6) is 7.02. The lowest BCUT2D eigenvalue weighted by Crippen LogP contribution is -2.43. The summed E-state index contributed by atoms with van der Waals surface area (Å²) >= 11 is 2.10. The summed E-state index contributed by atoms with van der Waals surface area (Å²) in [5, 5.41) is 0.734. The first-order valence-corrected chi connectivity index (χ1v) is 8.14. The van der Waals surface area contributed by atoms with Crippen molar-refractivity contribution in [1.29, 1.82) is 0 Å². The van der Waals surface area contributed by atoms with Gasteiger partial charge in [-0.25, -0.2) is 0 Å². The van der Waals surface area contributed by atoms with Crippen LogP contribution < -0.4 is 11.3 Å². The van der Waals surface area contributed by atoms with Crippen molar-refractivity contribution in [3.05, 3.63) is 0 Å². The van der Waals surface area contributed by atoms with Crippen LogP contribution >= 0.6 is 11.8 Å². The molecule has 0 aromatic heterocycles. The van der Waals surface area contributed by atoms with Gasteiger partial charge in [-0.15, -0.1) is 0 Å². The Morgan fingerprint density at radius 1 is 1.29 bits per heavy atom. The predicted octanol–water partition coefficient (Wildman–Crippen LogP) is 2.45. The van der Waals surface area contributed by atoms with E-state index < -0.39 is 0 Å². The van der Waals surface area contributed by atoms with Gasteiger partial charge in [0.25, 0.3) is 0 Å². The summed E-state index contributed by atoms with van der Waals surface area (Å²) in [6.45, 7) is 0.974. The highest BCUT2D eigenvalue weighted by molar-refractivity contribution is 8.00. The van der Waals surface area contributed by atoms with E-state index in [1.54, 1.807) is 0 Å². The molecule has 3 N–H and O–H groups in total. The molecule has 0 saturated carbocycles. The summed E-state index contributed by atoms with van der Waals surface area (Å²) in [6, 6.07) is 0.502. The van der Waals surface area contributed by atoms with Gasteiger partial charge >= 0.3 is 0 Å². The number of rotatable bonds is 6. The fourth-order valence-corrected chi connectivity index (χ4v) is 4.35. The lowest BCUT2D eigenvalue weighted by Gasteiger charge is -2.29. The topological polar surface area (TPSA) is 47.3 Å². The van der Waals surface area contributed by atoms with Gasteiger partial charge in [0.15, 0.2) is 0 Å². The van der Waals surface area contributed by atoms with Crippen LogP contribution in [0, 0.1) is 0 Å². The summed E-state index contributed by atoms with van der Waals surface area (Å²) in [7, 11) is 0. The van der Waals surface area contributed by atoms with Crippen molar-refractivity contribution in [1.82, 2.24) is 5.43 Å². The minimum absolute atomic E-state index is 0.502. The Labute approximate surface area is 109 Å². The van der Waals surface area contributed by atoms with E-state index in [-0.39, 0.29) is 0 Å². The molecule has 100 valence electrons. The van der Waals surface area contributed by atoms with Crippen molar-refractivity contribution in [2.24, 2.45) is 5.84 Å². The second kappa shape index (κ2) is 7.62. The summed E-state index contributed by atoms with van der Waals surface area (Å²) in [4.78, 5) is 0. The Balaban J connectivity index is 1.63. The van der Waals surface area contributed by atoms with Crippen LogP contribution in [0.5, 0.6) is 0 Å². The van der Waals surface area contributed by atoms with E-state index in [9.17, 15) is 0 Å². The molecule has 0 aliphatic carbocycles. The first-order valence-electron chi connectivity index (χ1n) is 7.09. The van der Waals surface area contributed by atoms with Crippen LogP contribution in [0.1, 0.15) is 51.4 Å². The number of nitrogens with two attached hydrogens (primary N) is 1. The Morgan fingerprint density at radius 3 is 2.88 bits per heavy atom. The lowest BCUT2D eigenvalue weighted by molar-refractivity contribution is 0.101. The largest absolute Gasteiger partial charge is 0.378 e. The maximum atomic E-state index is 5.70. The van der Waals surface area contributed by atoms with Crippen molar-refractivity contribution in [2.45, 2.75) is 68.8 Å². The molecule has 2 aliphatic heterocycles. The van der Waals surface area contributed by atoms with Crippen LogP contribution in [-0.2, 0) is 4.74 Å². The number of thioether (sulfide) groups is 1. The summed E-state index contributed by atoms with van der Waals surface area (Å²) < 4.78 is 5.66. The molecule has 2 aliphatic rings. The van der Waals surface area contributed by atoms with E-state index in [0.29, 0.717) is 12.1 Å². The number of hydrazine groups is 1. The molecular weight excluding hydrogens is 232 g/mol. The molecule has 0 bridgehead atoms. The molecule has 3 atom stereocenters. The van der Waals surface area contributed by atoms with E-state index in [1.165, 1.54) is 57.1 Å². The second-order valence-electron chi connectivity index (χ2n) is 5.24. The molecule has 4 heteroatoms. The van der Waals surface area contributed by atoms with Crippen LogP contribution in [0.15, 0.2) is 0 Å². The van der Waals surface area contributed by atoms with Crippen LogP contribution in [0.2, 0.25) is 0 Å². The smallest absolute Gasteiger partial charge is 0.0576 e. The van der Waals surface area contributed by atoms with Gasteiger partial charge in [-0.2, -0.15) is 11.8 Å². The van der Waals surface area contributed by atoms with Crippen molar-refractivity contribution in [3.63, 3.8) is 0 Å². The first-order chi connectivity index (χ1) is 8.40. The monoisotopic (exact) mass is 258 g/mol. The van der Waals surface area contributed by atoms with Crippen LogP contribution in [-0.4, -0.2) is 29.8 Å². The van der Waals surface area contributed by atoms with Gasteiger partial charge in [0.05, 0.1) is 6.10 Å². The van der Waals surface area contributed by atoms with Gasteiger partial charge in [0, 0.05) is 17.9 Å². The van der Waals surface area contributed by atoms with Crippen molar-refractivity contribution >= 4 is 11.8 Å². The van der Waals surface area contributed by atoms with Gasteiger partial charge in [0.1, 0.15) is 0 Å². The zero-order chi connectivity index (χ0) is 11.9. The molecule has 2 saturated heterocycles. The van der Waals surface area contributed by atoms with Gasteiger partial charge < -0.3 is 4.74 Å². The molecule has 3 nitrogen and oxygen atoms in total. The maximum Gasteiger partial charge on any atom is 0.0576 e. The molecule has 2 fully saturated rings. The molecule has 0 radical (unpaired) electrons. The van der Waals surface area contributed by atoms with Gasteiger partial charge in [-0.3, -0.25) is 11.3 Å². The lowest BCUT2D eigenvalue weighted by atomic mass is 10.0. The standard InChI is InChI=1S/C13H26N2OS/c14-15-12(13-8-1-2-10-17-13)7-3-5-11-6-4-9-16-11/h11-13,15H,1-10,14H2. The molecular formula is C13H26N2OS. The van der Waals surface area contributed by atoms with E-state index in [4.69, 9.17) is 10.6 Å². The summed E-state index contributed by atoms with van der Waals surface area (Å²) in [5.41, 5.74) is 3.04. The predicted molar refractivity (Wildman–Crippen MR) is 74.0 cm³/mol. The minimum atomic E-state index is 0.502. The average molecular weight is 258 g/mol. The van der Waals surface area contributed by atoms with Crippen LogP contribution in [0.25, 0.3) is 0 Å². The number of hydrogen-bond acceptors (Lipinski definition) is 4. The minimum Gasteiger partial charge on any atom is -0.378 e. The highest BCUT2D eigenvalue weighted by atomic mass is 32.2. The van der Waals surface area contributed by atoms with Gasteiger partial charge in [0.2, 0.25) is 0 Å². The average Bonchev–Trinajstić information content (AvgIpc) is 2.89. The molecule has 2 heterocycles. The quantitative estimate of drug-likeness (QED) is 0.567. The normalized spacial score (nSPS) is 31.6. The Kier molecular flexibility index (Phi) is 6.12. The maximum absolute atomic E-state index is 5.70. The molecule has 17 heavy (non-hydrogen) atoms. The molecule has 0 spiro atoms. The Morgan fingerprint density at radius 2 is 2.24 bits per heavy atom. The molecule has 0 aromatic rings. The van der Waals surface area contributed by atoms with Gasteiger partial charge in [-0.1, -0.05) is 6.42 Å². The third-order valence-electron chi connectivity index (χ3n) is 3.94. The van der Waals surface area contributed by atoms with Crippen LogP contribution in [0.4, 0.5) is 0 Å². The van der Waals surface area contributed by atoms with E-state index >= 15 is 0 Å². The molecule has 3 unspecified atom stereocenters. The van der Waals surface area contributed by atoms with E-state index in [2.05, 4.69) is 17.2 Å². The van der Waals surface area contributed by atoms with Crippen LogP contribution in [0.3, 0.4) is 0 Å². The van der Waals surface area contributed by atoms with Crippen molar-refractivity contribution in [2.75, 3.05) is 12.4 Å². The summed E-state index contributed by atoms with van der Waals surface area (Å²) in [6.07, 6.45) is 10.8. The fourth-order valence-electron chi connectivity index (χ4n) is 2.90. The highest BCUT2D eigenvalue weighted by Gasteiger charge is 2.23. The number of hydrogen-bond donors (Lipinski definition) is 2. The third-order valence-corrected chi connectivity index (χ3v) is 5.46. The van der Waals surface area contributed by atoms with E-state index in [0.717, 1.165) is 11.9 Å². The molecule has 0 amide bonds. The Hall–Kier alpha value is 0.230. The third kappa shape index (κ3) is 4.43. The Bertz CT molecular complexity index is 204. The van der Waals surface area contributed by atoms with Gasteiger partial charge in [-0.05, 0) is 50.7 Å². The fraction of sp³-hybridized carbons (Fsp3) is 1.00. The molecule has 0 aromatic carbocycles.